The topological polar surface area (TPSA) is 23.8 Å². The summed E-state index contributed by atoms with van der Waals surface area (Å²) in [7, 11) is 0. The van der Waals surface area contributed by atoms with E-state index in [9.17, 15) is 8.78 Å². The van der Waals surface area contributed by atoms with E-state index in [1.54, 1.807) is 6.07 Å². The summed E-state index contributed by atoms with van der Waals surface area (Å²) in [5, 5.41) is 8.85. The fourth-order valence-corrected chi connectivity index (χ4v) is 5.78. The number of hydrogen-bond donors (Lipinski definition) is 0. The predicted octanol–water partition coefficient (Wildman–Crippen LogP) is 9.22. The normalized spacial score (nSPS) is 26.3. The SMILES string of the molecule is CCCCCCCC[C@H]1CC[C@H](/C=C/[C@H]2CC[C@H](c3cc(F)c(C#N)c(F)c3)CC2)CC1. The van der Waals surface area contributed by atoms with E-state index in [1.165, 1.54) is 82.8 Å². The molecule has 2 aliphatic rings. The first kappa shape index (κ1) is 24.9. The number of benzene rings is 1. The van der Waals surface area contributed by atoms with Gasteiger partial charge in [0.15, 0.2) is 0 Å². The Labute approximate surface area is 194 Å². The zero-order valence-electron chi connectivity index (χ0n) is 19.9. The van der Waals surface area contributed by atoms with Gasteiger partial charge in [-0.1, -0.05) is 64.0 Å². The third-order valence-electron chi connectivity index (χ3n) is 7.93. The molecule has 0 bridgehead atoms. The van der Waals surface area contributed by atoms with Crippen LogP contribution in [0.2, 0.25) is 0 Å². The van der Waals surface area contributed by atoms with Gasteiger partial charge in [0.05, 0.1) is 0 Å². The minimum absolute atomic E-state index is 0.203. The van der Waals surface area contributed by atoms with Crippen LogP contribution in [0.4, 0.5) is 8.78 Å². The Balaban J connectivity index is 1.35. The maximum Gasteiger partial charge on any atom is 0.144 e. The lowest BCUT2D eigenvalue weighted by atomic mass is 9.76. The molecule has 32 heavy (non-hydrogen) atoms. The van der Waals surface area contributed by atoms with Crippen molar-refractivity contribution in [3.05, 3.63) is 47.0 Å². The molecule has 2 saturated carbocycles. The van der Waals surface area contributed by atoms with E-state index < -0.39 is 17.2 Å². The molecule has 3 heteroatoms. The molecule has 0 atom stereocenters. The van der Waals surface area contributed by atoms with E-state index in [-0.39, 0.29) is 5.92 Å². The minimum Gasteiger partial charge on any atom is -0.205 e. The van der Waals surface area contributed by atoms with Crippen molar-refractivity contribution in [1.29, 1.82) is 5.26 Å². The van der Waals surface area contributed by atoms with E-state index in [4.69, 9.17) is 5.26 Å². The molecule has 2 aliphatic carbocycles. The van der Waals surface area contributed by atoms with Gasteiger partial charge in [-0.05, 0) is 92.7 Å². The molecule has 1 aromatic rings. The molecule has 0 radical (unpaired) electrons. The maximum absolute atomic E-state index is 14.0. The maximum atomic E-state index is 14.0. The Bertz CT molecular complexity index is 739. The lowest BCUT2D eigenvalue weighted by Crippen LogP contribution is -2.15. The van der Waals surface area contributed by atoms with Crippen molar-refractivity contribution < 1.29 is 8.78 Å². The summed E-state index contributed by atoms with van der Waals surface area (Å²) in [5.74, 6) is 1.05. The zero-order valence-corrected chi connectivity index (χ0v) is 19.9. The summed E-state index contributed by atoms with van der Waals surface area (Å²) in [6, 6.07) is 4.35. The summed E-state index contributed by atoms with van der Waals surface area (Å²) >= 11 is 0. The molecular weight excluding hydrogens is 400 g/mol. The lowest BCUT2D eigenvalue weighted by molar-refractivity contribution is 0.287. The van der Waals surface area contributed by atoms with Crippen LogP contribution in [0.5, 0.6) is 0 Å². The van der Waals surface area contributed by atoms with Crippen LogP contribution in [0.15, 0.2) is 24.3 Å². The first-order chi connectivity index (χ1) is 15.6. The van der Waals surface area contributed by atoms with Gasteiger partial charge in [-0.25, -0.2) is 8.78 Å². The Morgan fingerprint density at radius 2 is 1.34 bits per heavy atom. The van der Waals surface area contributed by atoms with Crippen molar-refractivity contribution >= 4 is 0 Å². The van der Waals surface area contributed by atoms with Crippen molar-refractivity contribution in [2.45, 2.75) is 109 Å². The van der Waals surface area contributed by atoms with Gasteiger partial charge in [0.1, 0.15) is 23.3 Å². The van der Waals surface area contributed by atoms with Gasteiger partial charge < -0.3 is 0 Å². The average molecular weight is 442 g/mol. The molecule has 0 aromatic heterocycles. The molecule has 1 nitrogen and oxygen atoms in total. The van der Waals surface area contributed by atoms with Gasteiger partial charge >= 0.3 is 0 Å². The van der Waals surface area contributed by atoms with Gasteiger partial charge in [0.25, 0.3) is 0 Å². The first-order valence-electron chi connectivity index (χ1n) is 13.2. The molecule has 1 aromatic carbocycles. The van der Waals surface area contributed by atoms with Crippen molar-refractivity contribution in [1.82, 2.24) is 0 Å². The predicted molar refractivity (Wildman–Crippen MR) is 128 cm³/mol. The third kappa shape index (κ3) is 7.43. The van der Waals surface area contributed by atoms with Crippen LogP contribution in [-0.4, -0.2) is 0 Å². The Kier molecular flexibility index (Phi) is 10.2. The Hall–Kier alpha value is -1.69. The van der Waals surface area contributed by atoms with Gasteiger partial charge in [-0.3, -0.25) is 0 Å². The van der Waals surface area contributed by atoms with Crippen LogP contribution in [0.3, 0.4) is 0 Å². The van der Waals surface area contributed by atoms with Crippen LogP contribution in [0.1, 0.15) is 120 Å². The molecule has 0 heterocycles. The Morgan fingerprint density at radius 1 is 0.812 bits per heavy atom. The number of unbranched alkanes of at least 4 members (excludes halogenated alkanes) is 5. The van der Waals surface area contributed by atoms with Gasteiger partial charge in [-0.2, -0.15) is 5.26 Å². The second-order valence-electron chi connectivity index (χ2n) is 10.3. The lowest BCUT2D eigenvalue weighted by Gasteiger charge is -2.29. The molecule has 2 fully saturated rings. The first-order valence-corrected chi connectivity index (χ1v) is 13.2. The fraction of sp³-hybridized carbons (Fsp3) is 0.690. The Morgan fingerprint density at radius 3 is 1.91 bits per heavy atom. The number of halogens is 2. The van der Waals surface area contributed by atoms with E-state index in [1.807, 2.05) is 0 Å². The highest BCUT2D eigenvalue weighted by molar-refractivity contribution is 5.36. The molecular formula is C29H41F2N. The van der Waals surface area contributed by atoms with Crippen molar-refractivity contribution in [2.75, 3.05) is 0 Å². The summed E-state index contributed by atoms with van der Waals surface area (Å²) < 4.78 is 27.9. The number of rotatable bonds is 10. The van der Waals surface area contributed by atoms with Crippen LogP contribution in [-0.2, 0) is 0 Å². The fourth-order valence-electron chi connectivity index (χ4n) is 5.78. The second kappa shape index (κ2) is 13.1. The second-order valence-corrected chi connectivity index (χ2v) is 10.3. The molecule has 0 amide bonds. The minimum atomic E-state index is -0.725. The van der Waals surface area contributed by atoms with Crippen molar-refractivity contribution in [3.8, 4) is 6.07 Å². The summed E-state index contributed by atoms with van der Waals surface area (Å²) in [5.41, 5.74) is 0.247. The summed E-state index contributed by atoms with van der Waals surface area (Å²) in [6.45, 7) is 2.28. The van der Waals surface area contributed by atoms with Gasteiger partial charge in [0.2, 0.25) is 0 Å². The quantitative estimate of drug-likeness (QED) is 0.262. The third-order valence-corrected chi connectivity index (χ3v) is 7.93. The zero-order chi connectivity index (χ0) is 22.8. The molecule has 0 spiro atoms. The van der Waals surface area contributed by atoms with Gasteiger partial charge in [-0.15, -0.1) is 0 Å². The molecule has 0 N–H and O–H groups in total. The summed E-state index contributed by atoms with van der Waals surface area (Å²) in [6.07, 6.45) is 24.3. The molecule has 0 aliphatic heterocycles. The van der Waals surface area contributed by atoms with E-state index in [0.717, 1.165) is 37.5 Å². The molecule has 176 valence electrons. The molecule has 0 unspecified atom stereocenters. The van der Waals surface area contributed by atoms with E-state index in [0.29, 0.717) is 11.5 Å². The largest absolute Gasteiger partial charge is 0.205 e. The van der Waals surface area contributed by atoms with Crippen molar-refractivity contribution in [3.63, 3.8) is 0 Å². The standard InChI is InChI=1S/C29H41F2N/c1-2-3-4-5-6-7-8-22-9-11-23(12-10-22)13-14-24-15-17-25(18-16-24)26-19-28(30)27(21-32)29(31)20-26/h13-14,19-20,22-25H,2-12,15-18H2,1H3/b14-13+/t22-,23-,24-,25-. The van der Waals surface area contributed by atoms with Crippen LogP contribution < -0.4 is 0 Å². The average Bonchev–Trinajstić information content (AvgIpc) is 2.81. The number of allylic oxidation sites excluding steroid dienone is 2. The number of nitriles is 1. The summed E-state index contributed by atoms with van der Waals surface area (Å²) in [4.78, 5) is 0. The van der Waals surface area contributed by atoms with Gasteiger partial charge in [0, 0.05) is 0 Å². The molecule has 3 rings (SSSR count). The monoisotopic (exact) mass is 441 g/mol. The highest BCUT2D eigenvalue weighted by Crippen LogP contribution is 2.38. The van der Waals surface area contributed by atoms with Crippen LogP contribution in [0, 0.1) is 40.7 Å². The highest BCUT2D eigenvalue weighted by Gasteiger charge is 2.24. The van der Waals surface area contributed by atoms with Crippen LogP contribution in [0.25, 0.3) is 0 Å². The van der Waals surface area contributed by atoms with Crippen molar-refractivity contribution in [2.24, 2.45) is 17.8 Å². The van der Waals surface area contributed by atoms with Crippen LogP contribution >= 0.6 is 0 Å². The number of nitrogens with zero attached hydrogens (tertiary/aromatic N) is 1. The highest BCUT2D eigenvalue weighted by atomic mass is 19.1. The smallest absolute Gasteiger partial charge is 0.144 e. The number of hydrogen-bond acceptors (Lipinski definition) is 1. The molecule has 0 saturated heterocycles. The van der Waals surface area contributed by atoms with E-state index >= 15 is 0 Å². The van der Waals surface area contributed by atoms with E-state index in [2.05, 4.69) is 19.1 Å².